The van der Waals surface area contributed by atoms with Gasteiger partial charge in [-0.1, -0.05) is 36.4 Å². The first kappa shape index (κ1) is 21.2. The Balaban J connectivity index is 1.60. The second kappa shape index (κ2) is 7.87. The molecule has 1 amide bonds. The SMILES string of the molecule is CC1Cc2cc(/C(O)=C3\C(=O)C(=O)N(c4ccccc4)C3c3cn(C)c4ccccc34)ccc2O1. The minimum Gasteiger partial charge on any atom is -0.507 e. The molecule has 0 saturated carbocycles. The Morgan fingerprint density at radius 2 is 1.74 bits per heavy atom. The van der Waals surface area contributed by atoms with E-state index in [0.29, 0.717) is 11.3 Å². The number of anilines is 1. The molecule has 6 heteroatoms. The summed E-state index contributed by atoms with van der Waals surface area (Å²) in [6, 6.07) is 21.6. The first-order valence-corrected chi connectivity index (χ1v) is 11.6. The molecule has 3 heterocycles. The largest absolute Gasteiger partial charge is 0.507 e. The zero-order valence-corrected chi connectivity index (χ0v) is 19.4. The summed E-state index contributed by atoms with van der Waals surface area (Å²) in [6.07, 6.45) is 2.71. The fraction of sp³-hybridized carbons (Fsp3) is 0.172. The number of ketones is 1. The van der Waals surface area contributed by atoms with E-state index in [1.807, 2.05) is 79.3 Å². The third-order valence-corrected chi connectivity index (χ3v) is 6.87. The highest BCUT2D eigenvalue weighted by Gasteiger charge is 2.48. The quantitative estimate of drug-likeness (QED) is 0.259. The van der Waals surface area contributed by atoms with Crippen LogP contribution < -0.4 is 9.64 Å². The standard InChI is InChI=1S/C29H24N2O4/c1-17-14-19-15-18(12-13-24(19)35-17)27(32)25-26(22-16-30(2)23-11-7-6-10-21(22)23)31(29(34)28(25)33)20-8-4-3-5-9-20/h3-13,15-17,26,32H,14H2,1-2H3/b27-25+. The summed E-state index contributed by atoms with van der Waals surface area (Å²) in [7, 11) is 1.93. The number of amides is 1. The van der Waals surface area contributed by atoms with Crippen molar-refractivity contribution < 1.29 is 19.4 Å². The van der Waals surface area contributed by atoms with Gasteiger partial charge in [-0.3, -0.25) is 14.5 Å². The highest BCUT2D eigenvalue weighted by molar-refractivity contribution is 6.51. The number of hydrogen-bond donors (Lipinski definition) is 1. The number of fused-ring (bicyclic) bond motifs is 2. The van der Waals surface area contributed by atoms with Gasteiger partial charge in [0.25, 0.3) is 11.7 Å². The molecule has 6 nitrogen and oxygen atoms in total. The maximum absolute atomic E-state index is 13.5. The summed E-state index contributed by atoms with van der Waals surface area (Å²) in [6.45, 7) is 1.99. The zero-order chi connectivity index (χ0) is 24.3. The van der Waals surface area contributed by atoms with Crippen molar-refractivity contribution in [1.29, 1.82) is 0 Å². The summed E-state index contributed by atoms with van der Waals surface area (Å²) in [5.41, 5.74) is 3.92. The molecule has 0 spiro atoms. The Morgan fingerprint density at radius 1 is 1.00 bits per heavy atom. The number of carbonyl (C=O) groups excluding carboxylic acids is 2. The first-order chi connectivity index (χ1) is 16.9. The lowest BCUT2D eigenvalue weighted by Crippen LogP contribution is -2.29. The highest BCUT2D eigenvalue weighted by atomic mass is 16.5. The van der Waals surface area contributed by atoms with Gasteiger partial charge in [-0.05, 0) is 48.9 Å². The van der Waals surface area contributed by atoms with Crippen molar-refractivity contribution in [3.05, 3.63) is 101 Å². The smallest absolute Gasteiger partial charge is 0.300 e. The third kappa shape index (κ3) is 3.25. The van der Waals surface area contributed by atoms with E-state index in [0.717, 1.165) is 34.2 Å². The second-order valence-corrected chi connectivity index (χ2v) is 9.17. The Kier molecular flexibility index (Phi) is 4.78. The van der Waals surface area contributed by atoms with Crippen LogP contribution in [0.1, 0.15) is 29.7 Å². The van der Waals surface area contributed by atoms with Crippen molar-refractivity contribution in [3.8, 4) is 5.75 Å². The molecule has 1 saturated heterocycles. The average molecular weight is 465 g/mol. The van der Waals surface area contributed by atoms with Crippen molar-refractivity contribution >= 4 is 34.0 Å². The van der Waals surface area contributed by atoms with Gasteiger partial charge in [0, 0.05) is 47.4 Å². The normalized spacial score (nSPS) is 20.9. The number of Topliss-reactive ketones (excluding diaryl/α,β-unsaturated/α-hetero) is 1. The van der Waals surface area contributed by atoms with Gasteiger partial charge in [-0.15, -0.1) is 0 Å². The molecule has 2 atom stereocenters. The molecule has 6 rings (SSSR count). The molecule has 0 radical (unpaired) electrons. The van der Waals surface area contributed by atoms with Crippen molar-refractivity contribution in [1.82, 2.24) is 4.57 Å². The molecule has 1 aromatic heterocycles. The predicted octanol–water partition coefficient (Wildman–Crippen LogP) is 5.13. The molecule has 4 aromatic rings. The van der Waals surface area contributed by atoms with E-state index in [1.54, 1.807) is 18.2 Å². The fourth-order valence-electron chi connectivity index (χ4n) is 5.30. The van der Waals surface area contributed by atoms with Gasteiger partial charge in [0.1, 0.15) is 17.6 Å². The number of para-hydroxylation sites is 2. The lowest BCUT2D eigenvalue weighted by Gasteiger charge is -2.25. The van der Waals surface area contributed by atoms with Crippen molar-refractivity contribution in [3.63, 3.8) is 0 Å². The molecule has 3 aromatic carbocycles. The summed E-state index contributed by atoms with van der Waals surface area (Å²) >= 11 is 0. The van der Waals surface area contributed by atoms with Gasteiger partial charge in [0.05, 0.1) is 11.6 Å². The number of ether oxygens (including phenoxy) is 1. The van der Waals surface area contributed by atoms with E-state index in [4.69, 9.17) is 4.74 Å². The molecule has 2 unspecified atom stereocenters. The Labute approximate surface area is 202 Å². The third-order valence-electron chi connectivity index (χ3n) is 6.87. The van der Waals surface area contributed by atoms with E-state index >= 15 is 0 Å². The van der Waals surface area contributed by atoms with E-state index in [9.17, 15) is 14.7 Å². The average Bonchev–Trinajstić information content (AvgIpc) is 3.49. The van der Waals surface area contributed by atoms with Crippen LogP contribution in [0.5, 0.6) is 5.75 Å². The lowest BCUT2D eigenvalue weighted by molar-refractivity contribution is -0.132. The highest BCUT2D eigenvalue weighted by Crippen LogP contribution is 2.45. The van der Waals surface area contributed by atoms with Crippen LogP contribution >= 0.6 is 0 Å². The molecule has 0 aliphatic carbocycles. The first-order valence-electron chi connectivity index (χ1n) is 11.6. The van der Waals surface area contributed by atoms with Crippen molar-refractivity contribution in [2.24, 2.45) is 7.05 Å². The number of carbonyl (C=O) groups is 2. The number of nitrogens with zero attached hydrogens (tertiary/aromatic N) is 2. The van der Waals surface area contributed by atoms with Gasteiger partial charge >= 0.3 is 0 Å². The number of aliphatic hydroxyl groups is 1. The zero-order valence-electron chi connectivity index (χ0n) is 19.4. The maximum atomic E-state index is 13.5. The van der Waals surface area contributed by atoms with Gasteiger partial charge in [0.15, 0.2) is 0 Å². The van der Waals surface area contributed by atoms with Crippen LogP contribution in [0, 0.1) is 0 Å². The number of aryl methyl sites for hydroxylation is 1. The molecule has 174 valence electrons. The number of aromatic nitrogens is 1. The van der Waals surface area contributed by atoms with Crippen LogP contribution in [0.2, 0.25) is 0 Å². The van der Waals surface area contributed by atoms with E-state index < -0.39 is 17.7 Å². The van der Waals surface area contributed by atoms with Crippen LogP contribution in [0.3, 0.4) is 0 Å². The molecular formula is C29H24N2O4. The van der Waals surface area contributed by atoms with Gasteiger partial charge in [0.2, 0.25) is 0 Å². The summed E-state index contributed by atoms with van der Waals surface area (Å²) in [5.74, 6) is -0.755. The fourth-order valence-corrected chi connectivity index (χ4v) is 5.30. The van der Waals surface area contributed by atoms with Gasteiger partial charge in [-0.25, -0.2) is 0 Å². The number of benzene rings is 3. The molecule has 0 bridgehead atoms. The molecule has 1 N–H and O–H groups in total. The topological polar surface area (TPSA) is 71.8 Å². The Morgan fingerprint density at radius 3 is 2.54 bits per heavy atom. The minimum atomic E-state index is -0.771. The minimum absolute atomic E-state index is 0.0572. The lowest BCUT2D eigenvalue weighted by atomic mass is 9.94. The van der Waals surface area contributed by atoms with E-state index in [2.05, 4.69) is 0 Å². The molecule has 35 heavy (non-hydrogen) atoms. The molecular weight excluding hydrogens is 440 g/mol. The molecule has 2 aliphatic rings. The predicted molar refractivity (Wildman–Crippen MR) is 134 cm³/mol. The summed E-state index contributed by atoms with van der Waals surface area (Å²) in [5, 5.41) is 12.4. The van der Waals surface area contributed by atoms with Crippen LogP contribution in [0.25, 0.3) is 16.7 Å². The van der Waals surface area contributed by atoms with E-state index in [1.165, 1.54) is 4.90 Å². The van der Waals surface area contributed by atoms with Crippen LogP contribution in [-0.4, -0.2) is 27.5 Å². The van der Waals surface area contributed by atoms with Crippen molar-refractivity contribution in [2.45, 2.75) is 25.5 Å². The van der Waals surface area contributed by atoms with Crippen molar-refractivity contribution in [2.75, 3.05) is 4.90 Å². The molecule has 2 aliphatic heterocycles. The second-order valence-electron chi connectivity index (χ2n) is 9.17. The van der Waals surface area contributed by atoms with Crippen LogP contribution in [-0.2, 0) is 23.1 Å². The number of hydrogen-bond acceptors (Lipinski definition) is 4. The number of rotatable bonds is 3. The number of aliphatic hydroxyl groups excluding tert-OH is 1. The summed E-state index contributed by atoms with van der Waals surface area (Å²) < 4.78 is 7.77. The van der Waals surface area contributed by atoms with Gasteiger partial charge < -0.3 is 14.4 Å². The van der Waals surface area contributed by atoms with Gasteiger partial charge in [-0.2, -0.15) is 0 Å². The molecule has 1 fully saturated rings. The Bertz CT molecular complexity index is 1530. The Hall–Kier alpha value is -4.32. The summed E-state index contributed by atoms with van der Waals surface area (Å²) in [4.78, 5) is 28.4. The van der Waals surface area contributed by atoms with Crippen LogP contribution in [0.4, 0.5) is 5.69 Å². The monoisotopic (exact) mass is 464 g/mol. The van der Waals surface area contributed by atoms with Crippen LogP contribution in [0.15, 0.2) is 84.6 Å². The van der Waals surface area contributed by atoms with E-state index in [-0.39, 0.29) is 17.4 Å². The maximum Gasteiger partial charge on any atom is 0.300 e.